The number of thioether (sulfide) groups is 1. The maximum Gasteiger partial charge on any atom is 0.364 e. The normalized spacial score (nSPS) is 21.0. The molecular weight excluding hydrogens is 628 g/mol. The maximum atomic E-state index is 12.9. The minimum absolute atomic E-state index is 0.00219. The van der Waals surface area contributed by atoms with Gasteiger partial charge in [0.15, 0.2) is 29.2 Å². The second kappa shape index (κ2) is 12.8. The summed E-state index contributed by atoms with van der Waals surface area (Å²) in [6, 6.07) is 12.5. The van der Waals surface area contributed by atoms with E-state index < -0.39 is 59.1 Å². The maximum absolute atomic E-state index is 12.9. The summed E-state index contributed by atoms with van der Waals surface area (Å²) < 4.78 is 28.6. The van der Waals surface area contributed by atoms with Crippen LogP contribution in [0.25, 0.3) is 11.0 Å². The largest absolute Gasteiger partial charge is 0.505 e. The van der Waals surface area contributed by atoms with E-state index in [0.717, 1.165) is 10.6 Å². The standard InChI is InChI=1S/C31H31ClN2O10S/c1-14-6-11-20(33-14)28(38)43-25-23(36)30(44-31(2,3)26(25)40-4)41-16-12-18-22(35)21(29(39)42-24(18)19(32)13-16)34-27(37)15-7-9-17(45-5)10-8-15/h6-13,23,25-26,30,33,35-36H,1-5H3,(H,34,37)/t23-,25-,26+,30-/m1/s1. The Bertz CT molecular complexity index is 1800. The number of esters is 1. The predicted molar refractivity (Wildman–Crippen MR) is 166 cm³/mol. The van der Waals surface area contributed by atoms with Crippen LogP contribution in [-0.4, -0.2) is 70.6 Å². The van der Waals surface area contributed by atoms with E-state index in [1.807, 2.05) is 6.26 Å². The van der Waals surface area contributed by atoms with Crippen molar-refractivity contribution in [1.82, 2.24) is 4.98 Å². The van der Waals surface area contributed by atoms with Crippen molar-refractivity contribution in [3.8, 4) is 11.5 Å². The van der Waals surface area contributed by atoms with Crippen LogP contribution >= 0.6 is 23.4 Å². The highest BCUT2D eigenvalue weighted by atomic mass is 35.5. The molecule has 14 heteroatoms. The smallest absolute Gasteiger partial charge is 0.364 e. The van der Waals surface area contributed by atoms with Crippen LogP contribution in [0.15, 0.2) is 62.6 Å². The van der Waals surface area contributed by atoms with Gasteiger partial charge >= 0.3 is 11.6 Å². The molecule has 238 valence electrons. The van der Waals surface area contributed by atoms with E-state index >= 15 is 0 Å². The fraction of sp³-hybridized carbons (Fsp3) is 0.323. The van der Waals surface area contributed by atoms with Gasteiger partial charge in [0.25, 0.3) is 5.91 Å². The number of carbonyl (C=O) groups is 2. The van der Waals surface area contributed by atoms with Gasteiger partial charge in [-0.15, -0.1) is 11.8 Å². The van der Waals surface area contributed by atoms with E-state index in [2.05, 4.69) is 10.3 Å². The SMILES string of the molecule is CO[C@H]1[C@H](OC(=O)c2ccc(C)[nH]2)[C@@H](O)[C@H](Oc2cc(Cl)c3oc(=O)c(NC(=O)c4ccc(SC)cc4)c(O)c3c2)OC1(C)C. The number of H-pyrrole nitrogens is 1. The van der Waals surface area contributed by atoms with Crippen LogP contribution in [0.4, 0.5) is 5.69 Å². The molecule has 1 saturated heterocycles. The number of anilines is 1. The second-order valence-electron chi connectivity index (χ2n) is 10.9. The number of aliphatic hydroxyl groups excluding tert-OH is 1. The fourth-order valence-corrected chi connectivity index (χ4v) is 5.74. The van der Waals surface area contributed by atoms with Crippen molar-refractivity contribution in [2.45, 2.75) is 55.9 Å². The number of carbonyl (C=O) groups excluding carboxylic acids is 2. The van der Waals surface area contributed by atoms with Crippen molar-refractivity contribution in [3.63, 3.8) is 0 Å². The van der Waals surface area contributed by atoms with Gasteiger partial charge in [0.1, 0.15) is 17.5 Å². The number of aryl methyl sites for hydroxylation is 1. The van der Waals surface area contributed by atoms with E-state index in [-0.39, 0.29) is 33.0 Å². The lowest BCUT2D eigenvalue weighted by Gasteiger charge is -2.47. The van der Waals surface area contributed by atoms with Crippen LogP contribution in [-0.2, 0) is 14.2 Å². The first-order chi connectivity index (χ1) is 21.3. The summed E-state index contributed by atoms with van der Waals surface area (Å²) in [5.74, 6) is -1.97. The summed E-state index contributed by atoms with van der Waals surface area (Å²) >= 11 is 7.91. The molecule has 3 heterocycles. The lowest BCUT2D eigenvalue weighted by atomic mass is 9.89. The van der Waals surface area contributed by atoms with Gasteiger partial charge in [-0.05, 0) is 69.5 Å². The molecule has 1 fully saturated rings. The van der Waals surface area contributed by atoms with Crippen LogP contribution in [0.5, 0.6) is 11.5 Å². The third-order valence-corrected chi connectivity index (χ3v) is 8.34. The number of aliphatic hydroxyl groups is 1. The Hall–Kier alpha value is -4.01. The molecule has 4 aromatic rings. The summed E-state index contributed by atoms with van der Waals surface area (Å²) in [6.45, 7) is 5.14. The zero-order valence-corrected chi connectivity index (χ0v) is 26.4. The number of halogens is 1. The van der Waals surface area contributed by atoms with Gasteiger partial charge in [0.2, 0.25) is 6.29 Å². The number of methoxy groups -OCH3 is 1. The third-order valence-electron chi connectivity index (χ3n) is 7.32. The van der Waals surface area contributed by atoms with Crippen molar-refractivity contribution in [3.05, 3.63) is 80.9 Å². The zero-order chi connectivity index (χ0) is 32.6. The molecule has 0 bridgehead atoms. The first-order valence-corrected chi connectivity index (χ1v) is 15.3. The van der Waals surface area contributed by atoms with Crippen molar-refractivity contribution in [2.24, 2.45) is 0 Å². The molecule has 12 nitrogen and oxygen atoms in total. The minimum atomic E-state index is -1.54. The van der Waals surface area contributed by atoms with E-state index in [4.69, 9.17) is 35.0 Å². The highest BCUT2D eigenvalue weighted by Crippen LogP contribution is 2.39. The van der Waals surface area contributed by atoms with Crippen LogP contribution in [0.1, 0.15) is 40.4 Å². The highest BCUT2D eigenvalue weighted by molar-refractivity contribution is 7.98. The number of fused-ring (bicyclic) bond motifs is 1. The van der Waals surface area contributed by atoms with Crippen molar-refractivity contribution in [1.29, 1.82) is 0 Å². The topological polar surface area (TPSA) is 170 Å². The van der Waals surface area contributed by atoms with Crippen LogP contribution in [0.3, 0.4) is 0 Å². The van der Waals surface area contributed by atoms with Crippen molar-refractivity contribution in [2.75, 3.05) is 18.7 Å². The zero-order valence-electron chi connectivity index (χ0n) is 24.9. The number of aromatic amines is 1. The summed E-state index contributed by atoms with van der Waals surface area (Å²) in [4.78, 5) is 42.3. The molecule has 0 aliphatic carbocycles. The van der Waals surface area contributed by atoms with Gasteiger partial charge in [0, 0.05) is 29.3 Å². The lowest BCUT2D eigenvalue weighted by molar-refractivity contribution is -0.305. The molecule has 1 amide bonds. The monoisotopic (exact) mass is 658 g/mol. The molecule has 4 N–H and O–H groups in total. The first kappa shape index (κ1) is 32.4. The van der Waals surface area contributed by atoms with Gasteiger partial charge in [0.05, 0.1) is 16.0 Å². The van der Waals surface area contributed by atoms with Crippen LogP contribution in [0.2, 0.25) is 5.02 Å². The Balaban J connectivity index is 1.44. The van der Waals surface area contributed by atoms with E-state index in [1.165, 1.54) is 31.0 Å². The molecule has 0 spiro atoms. The molecule has 4 atom stereocenters. The summed E-state index contributed by atoms with van der Waals surface area (Å²) in [7, 11) is 1.40. The average Bonchev–Trinajstić information content (AvgIpc) is 3.44. The molecule has 2 aromatic heterocycles. The summed E-state index contributed by atoms with van der Waals surface area (Å²) in [6.07, 6.45) is -3.13. The van der Waals surface area contributed by atoms with Crippen LogP contribution < -0.4 is 15.7 Å². The van der Waals surface area contributed by atoms with Gasteiger partial charge in [-0.2, -0.15) is 0 Å². The number of benzene rings is 2. The first-order valence-electron chi connectivity index (χ1n) is 13.7. The van der Waals surface area contributed by atoms with Gasteiger partial charge in [-0.1, -0.05) is 11.6 Å². The Morgan fingerprint density at radius 1 is 1.13 bits per heavy atom. The van der Waals surface area contributed by atoms with Crippen LogP contribution in [0, 0.1) is 6.92 Å². The number of hydrogen-bond acceptors (Lipinski definition) is 11. The summed E-state index contributed by atoms with van der Waals surface area (Å²) in [5.41, 5.74) is -1.61. The molecule has 0 saturated carbocycles. The molecule has 45 heavy (non-hydrogen) atoms. The Kier molecular flexibility index (Phi) is 9.19. The van der Waals surface area contributed by atoms with Crippen molar-refractivity contribution >= 4 is 51.9 Å². The number of nitrogens with one attached hydrogen (secondary N) is 2. The molecule has 2 aromatic carbocycles. The number of ether oxygens (including phenoxy) is 4. The number of rotatable bonds is 8. The van der Waals surface area contributed by atoms with E-state index in [1.54, 1.807) is 57.2 Å². The quantitative estimate of drug-likeness (QED) is 0.116. The summed E-state index contributed by atoms with van der Waals surface area (Å²) in [5, 5.41) is 24.6. The highest BCUT2D eigenvalue weighted by Gasteiger charge is 2.53. The Labute approximate surface area is 266 Å². The number of hydrogen-bond donors (Lipinski definition) is 4. The average molecular weight is 659 g/mol. The lowest BCUT2D eigenvalue weighted by Crippen LogP contribution is -2.65. The minimum Gasteiger partial charge on any atom is -0.505 e. The Morgan fingerprint density at radius 3 is 2.47 bits per heavy atom. The molecule has 5 rings (SSSR count). The number of amides is 1. The Morgan fingerprint density at radius 2 is 1.84 bits per heavy atom. The van der Waals surface area contributed by atoms with Gasteiger partial charge in [-0.25, -0.2) is 9.59 Å². The van der Waals surface area contributed by atoms with Gasteiger partial charge in [-0.3, -0.25) is 4.79 Å². The van der Waals surface area contributed by atoms with E-state index in [9.17, 15) is 24.6 Å². The number of aromatic nitrogens is 1. The molecule has 0 radical (unpaired) electrons. The fourth-order valence-electron chi connectivity index (χ4n) is 5.08. The second-order valence-corrected chi connectivity index (χ2v) is 12.1. The van der Waals surface area contributed by atoms with E-state index in [0.29, 0.717) is 0 Å². The van der Waals surface area contributed by atoms with Crippen molar-refractivity contribution < 1.29 is 43.2 Å². The van der Waals surface area contributed by atoms with Gasteiger partial charge < -0.3 is 43.9 Å². The molecule has 1 aliphatic heterocycles. The number of aromatic hydroxyl groups is 1. The predicted octanol–water partition coefficient (Wildman–Crippen LogP) is 4.88. The third kappa shape index (κ3) is 6.53. The molecule has 1 aliphatic rings. The molecular formula is C31H31ClN2O10S. The molecule has 0 unspecified atom stereocenters.